The number of thiazole rings is 1. The Morgan fingerprint density at radius 1 is 1.21 bits per heavy atom. The van der Waals surface area contributed by atoms with Crippen molar-refractivity contribution < 1.29 is 4.39 Å². The number of fused-ring (bicyclic) bond motifs is 2. The van der Waals surface area contributed by atoms with Gasteiger partial charge in [0.2, 0.25) is 0 Å². The van der Waals surface area contributed by atoms with Gasteiger partial charge < -0.3 is 5.32 Å². The lowest BCUT2D eigenvalue weighted by Crippen LogP contribution is -2.67. The maximum absolute atomic E-state index is 14.0. The molecule has 2 heterocycles. The van der Waals surface area contributed by atoms with Gasteiger partial charge in [0.05, 0.1) is 16.9 Å². The van der Waals surface area contributed by atoms with Crippen LogP contribution >= 0.6 is 27.3 Å². The summed E-state index contributed by atoms with van der Waals surface area (Å²) in [6.07, 6.45) is 4.62. The molecule has 7 heteroatoms. The zero-order valence-corrected chi connectivity index (χ0v) is 17.4. The van der Waals surface area contributed by atoms with E-state index in [9.17, 15) is 9.65 Å². The van der Waals surface area contributed by atoms with E-state index in [1.54, 1.807) is 0 Å². The second-order valence-electron chi connectivity index (χ2n) is 8.32. The first kappa shape index (κ1) is 16.9. The summed E-state index contributed by atoms with van der Waals surface area (Å²) in [6.45, 7) is 0. The topological polar surface area (TPSA) is 61.6 Å². The van der Waals surface area contributed by atoms with E-state index < -0.39 is 5.67 Å². The molecule has 0 atom stereocenters. The maximum Gasteiger partial charge on any atom is 0.188 e. The second-order valence-corrected chi connectivity index (χ2v) is 10.2. The quantitative estimate of drug-likeness (QED) is 0.550. The van der Waals surface area contributed by atoms with E-state index in [-0.39, 0.29) is 5.41 Å². The van der Waals surface area contributed by atoms with Crippen LogP contribution in [-0.4, -0.2) is 15.6 Å². The number of aromatic nitrogens is 2. The molecule has 0 amide bonds. The lowest BCUT2D eigenvalue weighted by atomic mass is 9.41. The van der Waals surface area contributed by atoms with E-state index in [0.29, 0.717) is 29.3 Å². The molecular formula is C21H16BrFN4S. The summed E-state index contributed by atoms with van der Waals surface area (Å²) in [4.78, 5) is 10.2. The number of halogens is 2. The molecule has 3 saturated carbocycles. The van der Waals surface area contributed by atoms with E-state index in [1.165, 1.54) is 16.9 Å². The van der Waals surface area contributed by atoms with Crippen molar-refractivity contribution in [3.8, 4) is 6.07 Å². The van der Waals surface area contributed by atoms with Crippen molar-refractivity contribution in [2.75, 3.05) is 5.32 Å². The summed E-state index contributed by atoms with van der Waals surface area (Å²) in [5.74, 6) is 0. The maximum atomic E-state index is 14.0. The molecular weight excluding hydrogens is 439 g/mol. The number of alkyl halides is 1. The van der Waals surface area contributed by atoms with Gasteiger partial charge in [-0.1, -0.05) is 27.3 Å². The number of hydrogen-bond donors (Lipinski definition) is 1. The number of anilines is 2. The summed E-state index contributed by atoms with van der Waals surface area (Å²) in [6, 6.07) is 8.40. The largest absolute Gasteiger partial charge is 0.331 e. The Morgan fingerprint density at radius 2 is 2.04 bits per heavy atom. The van der Waals surface area contributed by atoms with Gasteiger partial charge in [0.25, 0.3) is 0 Å². The highest BCUT2D eigenvalue weighted by atomic mass is 79.9. The summed E-state index contributed by atoms with van der Waals surface area (Å²) in [7, 11) is 0. The van der Waals surface area contributed by atoms with Gasteiger partial charge in [0.15, 0.2) is 5.13 Å². The van der Waals surface area contributed by atoms with Crippen LogP contribution < -0.4 is 5.32 Å². The van der Waals surface area contributed by atoms with Crippen molar-refractivity contribution in [3.63, 3.8) is 0 Å². The molecule has 0 unspecified atom stereocenters. The van der Waals surface area contributed by atoms with Crippen LogP contribution in [0.4, 0.5) is 15.2 Å². The van der Waals surface area contributed by atoms with E-state index in [1.807, 2.05) is 12.1 Å². The predicted molar refractivity (Wildman–Crippen MR) is 111 cm³/mol. The number of nitriles is 1. The van der Waals surface area contributed by atoms with Crippen LogP contribution in [0.2, 0.25) is 0 Å². The summed E-state index contributed by atoms with van der Waals surface area (Å²) in [5.41, 5.74) is 3.98. The molecule has 1 aromatic carbocycles. The molecule has 2 bridgehead atoms. The molecule has 1 N–H and O–H groups in total. The lowest BCUT2D eigenvalue weighted by molar-refractivity contribution is -0.159. The second kappa shape index (κ2) is 5.52. The molecule has 28 heavy (non-hydrogen) atoms. The van der Waals surface area contributed by atoms with E-state index in [4.69, 9.17) is 9.97 Å². The van der Waals surface area contributed by atoms with Gasteiger partial charge in [-0.25, -0.2) is 9.37 Å². The zero-order chi connectivity index (χ0) is 19.1. The summed E-state index contributed by atoms with van der Waals surface area (Å²) >= 11 is 4.94. The molecule has 4 aliphatic rings. The monoisotopic (exact) mass is 454 g/mol. The molecule has 7 rings (SSSR count). The van der Waals surface area contributed by atoms with Crippen LogP contribution in [0.5, 0.6) is 0 Å². The van der Waals surface area contributed by atoms with Gasteiger partial charge in [-0.05, 0) is 62.3 Å². The first-order chi connectivity index (χ1) is 13.5. The Labute approximate surface area is 173 Å². The fourth-order valence-corrected chi connectivity index (χ4v) is 6.46. The molecule has 3 aromatic rings. The van der Waals surface area contributed by atoms with Crippen molar-refractivity contribution in [3.05, 3.63) is 44.5 Å². The van der Waals surface area contributed by atoms with Gasteiger partial charge in [-0.15, -0.1) is 0 Å². The molecule has 3 fully saturated rings. The number of hydrogen-bond acceptors (Lipinski definition) is 5. The average Bonchev–Trinajstić information content (AvgIpc) is 3.25. The highest BCUT2D eigenvalue weighted by molar-refractivity contribution is 9.10. The Morgan fingerprint density at radius 3 is 2.79 bits per heavy atom. The van der Waals surface area contributed by atoms with E-state index in [2.05, 4.69) is 33.4 Å². The minimum Gasteiger partial charge on any atom is -0.331 e. The minimum absolute atomic E-state index is 0.207. The SMILES string of the molecule is N#Cc1sc(Nc2c3c(nc4ccc(Br)cc24)CCC3)nc1C12CC(F)(C1)C2. The standard InChI is InChI=1S/C21H16BrFN4S/c22-11-4-5-15-13(6-11)17(12-2-1-3-14(12)25-15)26-19-27-18(16(7-24)28-19)20-8-21(23,9-20)10-20/h4-6H,1-3,8-10H2,(H,25,26,27). The first-order valence-electron chi connectivity index (χ1n) is 9.47. The third-order valence-corrected chi connectivity index (χ3v) is 7.77. The fraction of sp³-hybridized carbons (Fsp3) is 0.381. The molecule has 0 radical (unpaired) electrons. The number of nitrogens with one attached hydrogen (secondary N) is 1. The molecule has 2 aromatic heterocycles. The number of benzene rings is 1. The lowest BCUT2D eigenvalue weighted by Gasteiger charge is -2.65. The summed E-state index contributed by atoms with van der Waals surface area (Å²) < 4.78 is 15.0. The van der Waals surface area contributed by atoms with Crippen molar-refractivity contribution in [1.29, 1.82) is 5.26 Å². The molecule has 4 nitrogen and oxygen atoms in total. The molecule has 4 aliphatic carbocycles. The highest BCUT2D eigenvalue weighted by Gasteiger charge is 2.71. The average molecular weight is 455 g/mol. The molecule has 0 aliphatic heterocycles. The minimum atomic E-state index is -1.00. The van der Waals surface area contributed by atoms with Crippen LogP contribution in [0.15, 0.2) is 22.7 Å². The molecule has 0 saturated heterocycles. The third-order valence-electron chi connectivity index (χ3n) is 6.40. The van der Waals surface area contributed by atoms with Gasteiger partial charge >= 0.3 is 0 Å². The van der Waals surface area contributed by atoms with E-state index >= 15 is 0 Å². The smallest absolute Gasteiger partial charge is 0.188 e. The highest BCUT2D eigenvalue weighted by Crippen LogP contribution is 2.70. The Hall–Kier alpha value is -2.04. The Bertz CT molecular complexity index is 1190. The molecule has 0 spiro atoms. The normalized spacial score (nSPS) is 27.0. The zero-order valence-electron chi connectivity index (χ0n) is 15.0. The number of pyridine rings is 1. The van der Waals surface area contributed by atoms with Crippen LogP contribution in [0, 0.1) is 11.3 Å². The number of nitrogens with zero attached hydrogens (tertiary/aromatic N) is 3. The van der Waals surface area contributed by atoms with Crippen molar-refractivity contribution in [2.24, 2.45) is 0 Å². The number of aryl methyl sites for hydroxylation is 1. The first-order valence-corrected chi connectivity index (χ1v) is 11.1. The van der Waals surface area contributed by atoms with Crippen molar-refractivity contribution in [1.82, 2.24) is 9.97 Å². The fourth-order valence-electron chi connectivity index (χ4n) is 5.21. The predicted octanol–water partition coefficient (Wildman–Crippen LogP) is 5.70. The van der Waals surface area contributed by atoms with Crippen molar-refractivity contribution in [2.45, 2.75) is 49.6 Å². The van der Waals surface area contributed by atoms with Crippen LogP contribution in [0.25, 0.3) is 10.9 Å². The number of rotatable bonds is 3. The van der Waals surface area contributed by atoms with Crippen LogP contribution in [0.1, 0.15) is 47.5 Å². The Kier molecular flexibility index (Phi) is 3.33. The van der Waals surface area contributed by atoms with Crippen LogP contribution in [-0.2, 0) is 18.3 Å². The third kappa shape index (κ3) is 2.25. The Balaban J connectivity index is 1.46. The van der Waals surface area contributed by atoms with Crippen molar-refractivity contribution >= 4 is 49.0 Å². The van der Waals surface area contributed by atoms with Gasteiger partial charge in [-0.2, -0.15) is 5.26 Å². The molecule has 140 valence electrons. The van der Waals surface area contributed by atoms with Crippen LogP contribution in [0.3, 0.4) is 0 Å². The van der Waals surface area contributed by atoms with E-state index in [0.717, 1.165) is 51.7 Å². The van der Waals surface area contributed by atoms with Gasteiger partial charge in [-0.3, -0.25) is 4.98 Å². The van der Waals surface area contributed by atoms with Gasteiger partial charge in [0.1, 0.15) is 16.6 Å². The summed E-state index contributed by atoms with van der Waals surface area (Å²) in [5, 5.41) is 14.9. The van der Waals surface area contributed by atoms with Gasteiger partial charge in [0, 0.05) is 21.0 Å².